The Morgan fingerprint density at radius 2 is 2.28 bits per heavy atom. The molecule has 0 aliphatic carbocycles. The maximum Gasteiger partial charge on any atom is 0.274 e. The molecule has 7 heteroatoms. The van der Waals surface area contributed by atoms with Crippen LogP contribution < -0.4 is 11.3 Å². The van der Waals surface area contributed by atoms with Crippen LogP contribution in [-0.4, -0.2) is 54.4 Å². The van der Waals surface area contributed by atoms with Crippen LogP contribution in [0.4, 0.5) is 0 Å². The molecule has 100 valence electrons. The number of nitrogens with one attached hydrogen (secondary N) is 1. The first-order chi connectivity index (χ1) is 8.69. The molecule has 1 aromatic heterocycles. The van der Waals surface area contributed by atoms with Gasteiger partial charge in [0.2, 0.25) is 0 Å². The number of H-pyrrole nitrogens is 1. The van der Waals surface area contributed by atoms with Gasteiger partial charge in [0.15, 0.2) is 0 Å². The van der Waals surface area contributed by atoms with E-state index in [0.717, 1.165) is 0 Å². The van der Waals surface area contributed by atoms with Crippen LogP contribution in [0.15, 0.2) is 16.9 Å². The van der Waals surface area contributed by atoms with Crippen molar-refractivity contribution in [2.75, 3.05) is 33.4 Å². The summed E-state index contributed by atoms with van der Waals surface area (Å²) >= 11 is 0. The standard InChI is InChI=1S/C11H18N4O3/c1-18-8-7-15(6-2-5-12)11(17)9-3-4-10(16)14-13-9/h3-4H,2,5-8,12H2,1H3,(H,14,16). The van der Waals surface area contributed by atoms with E-state index in [4.69, 9.17) is 10.5 Å². The van der Waals surface area contributed by atoms with Crippen LogP contribution in [0.3, 0.4) is 0 Å². The molecular weight excluding hydrogens is 236 g/mol. The van der Waals surface area contributed by atoms with Crippen molar-refractivity contribution in [1.82, 2.24) is 15.1 Å². The fourth-order valence-electron chi connectivity index (χ4n) is 1.42. The molecule has 0 aromatic carbocycles. The number of hydrogen-bond donors (Lipinski definition) is 2. The second-order valence-corrected chi connectivity index (χ2v) is 3.73. The highest BCUT2D eigenvalue weighted by Gasteiger charge is 2.16. The van der Waals surface area contributed by atoms with E-state index in [0.29, 0.717) is 32.7 Å². The number of carbonyl (C=O) groups is 1. The third-order valence-electron chi connectivity index (χ3n) is 2.38. The summed E-state index contributed by atoms with van der Waals surface area (Å²) in [5.41, 5.74) is 5.31. The first kappa shape index (κ1) is 14.3. The van der Waals surface area contributed by atoms with Crippen LogP contribution in [0.1, 0.15) is 16.9 Å². The molecule has 0 fully saturated rings. The largest absolute Gasteiger partial charge is 0.383 e. The van der Waals surface area contributed by atoms with E-state index in [1.807, 2.05) is 0 Å². The Bertz CT molecular complexity index is 404. The molecule has 7 nitrogen and oxygen atoms in total. The van der Waals surface area contributed by atoms with Crippen molar-refractivity contribution < 1.29 is 9.53 Å². The molecule has 0 spiro atoms. The zero-order valence-electron chi connectivity index (χ0n) is 10.4. The zero-order valence-corrected chi connectivity index (χ0v) is 10.4. The van der Waals surface area contributed by atoms with E-state index in [2.05, 4.69) is 10.2 Å². The monoisotopic (exact) mass is 254 g/mol. The molecule has 3 N–H and O–H groups in total. The van der Waals surface area contributed by atoms with Crippen molar-refractivity contribution in [3.63, 3.8) is 0 Å². The van der Waals surface area contributed by atoms with Crippen LogP contribution >= 0.6 is 0 Å². The Kier molecular flexibility index (Phi) is 6.03. The normalized spacial score (nSPS) is 10.3. The summed E-state index contributed by atoms with van der Waals surface area (Å²) in [5.74, 6) is -0.239. The quantitative estimate of drug-likeness (QED) is 0.664. The summed E-state index contributed by atoms with van der Waals surface area (Å²) in [5, 5.41) is 5.95. The SMILES string of the molecule is COCCN(CCCN)C(=O)c1ccc(=O)[nH]n1. The molecule has 0 saturated heterocycles. The van der Waals surface area contributed by atoms with E-state index in [1.54, 1.807) is 12.0 Å². The lowest BCUT2D eigenvalue weighted by Gasteiger charge is -2.21. The summed E-state index contributed by atoms with van der Waals surface area (Å²) in [4.78, 5) is 24.6. The number of aromatic amines is 1. The summed E-state index contributed by atoms with van der Waals surface area (Å²) in [6.07, 6.45) is 0.707. The molecule has 1 amide bonds. The smallest absolute Gasteiger partial charge is 0.274 e. The average Bonchev–Trinajstić information content (AvgIpc) is 2.39. The van der Waals surface area contributed by atoms with Crippen molar-refractivity contribution in [2.24, 2.45) is 5.73 Å². The van der Waals surface area contributed by atoms with Gasteiger partial charge in [0, 0.05) is 26.3 Å². The lowest BCUT2D eigenvalue weighted by molar-refractivity contribution is 0.0687. The molecule has 0 unspecified atom stereocenters. The van der Waals surface area contributed by atoms with Crippen molar-refractivity contribution in [3.05, 3.63) is 28.2 Å². The fourth-order valence-corrected chi connectivity index (χ4v) is 1.42. The number of nitrogens with two attached hydrogens (primary N) is 1. The molecule has 0 aliphatic heterocycles. The highest BCUT2D eigenvalue weighted by Crippen LogP contribution is 2.00. The Balaban J connectivity index is 2.73. The second kappa shape index (κ2) is 7.57. The lowest BCUT2D eigenvalue weighted by atomic mass is 10.3. The van der Waals surface area contributed by atoms with E-state index in [-0.39, 0.29) is 17.2 Å². The predicted octanol–water partition coefficient (Wildman–Crippen LogP) is -0.793. The van der Waals surface area contributed by atoms with Crippen molar-refractivity contribution in [3.8, 4) is 0 Å². The zero-order chi connectivity index (χ0) is 13.4. The van der Waals surface area contributed by atoms with Crippen LogP contribution in [0, 0.1) is 0 Å². The Morgan fingerprint density at radius 3 is 2.83 bits per heavy atom. The number of ether oxygens (including phenoxy) is 1. The fraction of sp³-hybridized carbons (Fsp3) is 0.545. The van der Waals surface area contributed by atoms with Crippen LogP contribution in [0.5, 0.6) is 0 Å². The minimum absolute atomic E-state index is 0.211. The van der Waals surface area contributed by atoms with Crippen molar-refractivity contribution in [2.45, 2.75) is 6.42 Å². The molecule has 1 rings (SSSR count). The van der Waals surface area contributed by atoms with Crippen molar-refractivity contribution >= 4 is 5.91 Å². The highest BCUT2D eigenvalue weighted by molar-refractivity contribution is 5.92. The first-order valence-electron chi connectivity index (χ1n) is 5.73. The van der Waals surface area contributed by atoms with Gasteiger partial charge >= 0.3 is 0 Å². The number of methoxy groups -OCH3 is 1. The van der Waals surface area contributed by atoms with Gasteiger partial charge in [-0.3, -0.25) is 9.59 Å². The van der Waals surface area contributed by atoms with E-state index < -0.39 is 0 Å². The van der Waals surface area contributed by atoms with Gasteiger partial charge in [0.1, 0.15) is 5.69 Å². The van der Waals surface area contributed by atoms with Gasteiger partial charge in [-0.1, -0.05) is 0 Å². The predicted molar refractivity (Wildman–Crippen MR) is 66.3 cm³/mol. The van der Waals surface area contributed by atoms with Gasteiger partial charge in [0.25, 0.3) is 11.5 Å². The summed E-state index contributed by atoms with van der Waals surface area (Å²) in [6.45, 7) is 1.96. The maximum atomic E-state index is 12.1. The molecular formula is C11H18N4O3. The second-order valence-electron chi connectivity index (χ2n) is 3.73. The molecule has 0 radical (unpaired) electrons. The topological polar surface area (TPSA) is 101 Å². The minimum Gasteiger partial charge on any atom is -0.383 e. The Labute approximate surface area is 105 Å². The van der Waals surface area contributed by atoms with Gasteiger partial charge < -0.3 is 15.4 Å². The third kappa shape index (κ3) is 4.27. The van der Waals surface area contributed by atoms with Gasteiger partial charge in [-0.2, -0.15) is 5.10 Å². The third-order valence-corrected chi connectivity index (χ3v) is 2.38. The number of hydrogen-bond acceptors (Lipinski definition) is 5. The van der Waals surface area contributed by atoms with Crippen LogP contribution in [0.2, 0.25) is 0 Å². The number of aromatic nitrogens is 2. The lowest BCUT2D eigenvalue weighted by Crippen LogP contribution is -2.36. The maximum absolute atomic E-state index is 12.1. The van der Waals surface area contributed by atoms with Gasteiger partial charge in [0.05, 0.1) is 6.61 Å². The number of rotatable bonds is 7. The number of amides is 1. The van der Waals surface area contributed by atoms with Gasteiger partial charge in [-0.15, -0.1) is 0 Å². The molecule has 0 atom stereocenters. The van der Waals surface area contributed by atoms with E-state index >= 15 is 0 Å². The van der Waals surface area contributed by atoms with Crippen molar-refractivity contribution in [1.29, 1.82) is 0 Å². The molecule has 0 saturated carbocycles. The number of carbonyl (C=O) groups excluding carboxylic acids is 1. The summed E-state index contributed by atoms with van der Waals surface area (Å²) in [6, 6.07) is 2.68. The highest BCUT2D eigenvalue weighted by atomic mass is 16.5. The Hall–Kier alpha value is -1.73. The number of nitrogens with zero attached hydrogens (tertiary/aromatic N) is 2. The van der Waals surface area contributed by atoms with Crippen LogP contribution in [-0.2, 0) is 4.74 Å². The molecule has 0 aliphatic rings. The average molecular weight is 254 g/mol. The Morgan fingerprint density at radius 1 is 1.50 bits per heavy atom. The molecule has 1 aromatic rings. The van der Waals surface area contributed by atoms with E-state index in [1.165, 1.54) is 12.1 Å². The van der Waals surface area contributed by atoms with Gasteiger partial charge in [-0.05, 0) is 19.0 Å². The molecule has 0 bridgehead atoms. The minimum atomic E-state index is -0.336. The molecule has 18 heavy (non-hydrogen) atoms. The first-order valence-corrected chi connectivity index (χ1v) is 5.73. The molecule has 1 heterocycles. The van der Waals surface area contributed by atoms with Crippen LogP contribution in [0.25, 0.3) is 0 Å². The summed E-state index contributed by atoms with van der Waals surface area (Å²) < 4.78 is 4.95. The van der Waals surface area contributed by atoms with Gasteiger partial charge in [-0.25, -0.2) is 5.10 Å². The summed E-state index contributed by atoms with van der Waals surface area (Å²) in [7, 11) is 1.57. The van der Waals surface area contributed by atoms with E-state index in [9.17, 15) is 9.59 Å².